The third-order valence-electron chi connectivity index (χ3n) is 4.35. The lowest BCUT2D eigenvalue weighted by atomic mass is 9.83. The Balaban J connectivity index is 0.00000139. The Morgan fingerprint density at radius 1 is 1.25 bits per heavy atom. The fraction of sp³-hybridized carbons (Fsp3) is 0.882. The summed E-state index contributed by atoms with van der Waals surface area (Å²) in [4.78, 5) is 26.4. The smallest absolute Gasteiger partial charge is 0.417 e. The van der Waals surface area contributed by atoms with Crippen LogP contribution in [0.3, 0.4) is 0 Å². The van der Waals surface area contributed by atoms with Crippen LogP contribution in [0.1, 0.15) is 66.7 Å². The van der Waals surface area contributed by atoms with Gasteiger partial charge in [-0.3, -0.25) is 9.10 Å². The van der Waals surface area contributed by atoms with Crippen LogP contribution >= 0.6 is 12.8 Å². The summed E-state index contributed by atoms with van der Waals surface area (Å²) in [5.74, 6) is -0.528. The molecule has 0 aromatic rings. The summed E-state index contributed by atoms with van der Waals surface area (Å²) in [6.07, 6.45) is 1.37. The summed E-state index contributed by atoms with van der Waals surface area (Å²) in [6.45, 7) is 10.7. The maximum absolute atomic E-state index is 12.6. The second-order valence-electron chi connectivity index (χ2n) is 7.24. The van der Waals surface area contributed by atoms with Crippen LogP contribution in [0.25, 0.3) is 0 Å². The molecule has 2 aliphatic heterocycles. The first-order valence-electron chi connectivity index (χ1n) is 8.84. The lowest BCUT2D eigenvalue weighted by Gasteiger charge is -2.46. The summed E-state index contributed by atoms with van der Waals surface area (Å²) in [6, 6.07) is 0. The van der Waals surface area contributed by atoms with Gasteiger partial charge in [0.2, 0.25) is 0 Å². The van der Waals surface area contributed by atoms with Crippen LogP contribution in [-0.4, -0.2) is 56.6 Å². The molecule has 0 saturated carbocycles. The number of rotatable bonds is 0. The fourth-order valence-electron chi connectivity index (χ4n) is 3.22. The van der Waals surface area contributed by atoms with Crippen LogP contribution in [0.2, 0.25) is 0 Å². The quantitative estimate of drug-likeness (QED) is 0.650. The zero-order valence-corrected chi connectivity index (χ0v) is 16.4. The van der Waals surface area contributed by atoms with Crippen LogP contribution in [0.5, 0.6) is 0 Å². The van der Waals surface area contributed by atoms with Gasteiger partial charge < -0.3 is 9.84 Å². The molecule has 0 aromatic carbocycles. The Kier molecular flexibility index (Phi) is 7.56. The highest BCUT2D eigenvalue weighted by molar-refractivity contribution is 7.77. The van der Waals surface area contributed by atoms with Gasteiger partial charge in [0.1, 0.15) is 11.7 Å². The van der Waals surface area contributed by atoms with Crippen LogP contribution in [0, 0.1) is 0 Å². The van der Waals surface area contributed by atoms with Gasteiger partial charge in [0.15, 0.2) is 0 Å². The Bertz CT molecular complexity index is 437. The van der Waals surface area contributed by atoms with Crippen molar-refractivity contribution in [1.82, 2.24) is 9.21 Å². The molecule has 7 heteroatoms. The summed E-state index contributed by atoms with van der Waals surface area (Å²) >= 11 is 4.35. The number of ether oxygens (including phenoxy) is 1. The van der Waals surface area contributed by atoms with Crippen LogP contribution in [0.4, 0.5) is 4.79 Å². The van der Waals surface area contributed by atoms with E-state index in [1.165, 1.54) is 4.90 Å². The Morgan fingerprint density at radius 2 is 1.79 bits per heavy atom. The maximum Gasteiger partial charge on any atom is 0.417 e. The Morgan fingerprint density at radius 3 is 2.29 bits per heavy atom. The molecule has 2 fully saturated rings. The first-order chi connectivity index (χ1) is 11.1. The van der Waals surface area contributed by atoms with Crippen LogP contribution < -0.4 is 0 Å². The molecule has 140 valence electrons. The SMILES string of the molecule is CC.CC(C)(C)OC(=O)N1C(=O)C(O)CCCC12CCN(S)CC2. The van der Waals surface area contributed by atoms with Crippen molar-refractivity contribution < 1.29 is 19.4 Å². The highest BCUT2D eigenvalue weighted by Crippen LogP contribution is 2.38. The van der Waals surface area contributed by atoms with Crippen molar-refractivity contribution in [2.75, 3.05) is 13.1 Å². The van der Waals surface area contributed by atoms with Crippen molar-refractivity contribution in [3.63, 3.8) is 0 Å². The van der Waals surface area contributed by atoms with E-state index in [1.54, 1.807) is 20.8 Å². The number of aliphatic hydroxyl groups is 1. The number of nitrogens with zero attached hydrogens (tertiary/aromatic N) is 2. The zero-order valence-electron chi connectivity index (χ0n) is 15.5. The first-order valence-corrected chi connectivity index (χ1v) is 9.24. The van der Waals surface area contributed by atoms with E-state index in [0.29, 0.717) is 38.8 Å². The van der Waals surface area contributed by atoms with Crippen molar-refractivity contribution in [2.24, 2.45) is 0 Å². The summed E-state index contributed by atoms with van der Waals surface area (Å²) in [5.41, 5.74) is -1.24. The standard InChI is InChI=1S/C15H26N2O4S.C2H6/c1-14(2,3)21-13(20)17-12(19)11(18)5-4-6-15(17)7-9-16(22)10-8-15;1-2/h11,18,22H,4-10H2,1-3H3;1-2H3. The zero-order chi connectivity index (χ0) is 18.5. The van der Waals surface area contributed by atoms with E-state index < -0.39 is 29.2 Å². The van der Waals surface area contributed by atoms with E-state index in [4.69, 9.17) is 4.74 Å². The lowest BCUT2D eigenvalue weighted by Crippen LogP contribution is -2.60. The van der Waals surface area contributed by atoms with Crippen molar-refractivity contribution >= 4 is 24.8 Å². The van der Waals surface area contributed by atoms with E-state index in [-0.39, 0.29) is 0 Å². The molecular formula is C17H32N2O4S. The minimum absolute atomic E-state index is 0.393. The fourth-order valence-corrected chi connectivity index (χ4v) is 3.42. The molecule has 1 atom stereocenters. The molecule has 0 aromatic heterocycles. The van der Waals surface area contributed by atoms with Gasteiger partial charge in [0.05, 0.1) is 5.54 Å². The molecule has 1 spiro atoms. The molecular weight excluding hydrogens is 328 g/mol. The second-order valence-corrected chi connectivity index (χ2v) is 7.81. The minimum Gasteiger partial charge on any atom is -0.443 e. The van der Waals surface area contributed by atoms with Gasteiger partial charge >= 0.3 is 6.09 Å². The third kappa shape index (κ3) is 5.10. The molecule has 1 N–H and O–H groups in total. The van der Waals surface area contributed by atoms with E-state index in [2.05, 4.69) is 12.8 Å². The van der Waals surface area contributed by atoms with Crippen LogP contribution in [-0.2, 0) is 9.53 Å². The summed E-state index contributed by atoms with van der Waals surface area (Å²) in [5, 5.41) is 10.0. The molecule has 2 amide bonds. The number of hydrogen-bond donors (Lipinski definition) is 2. The largest absolute Gasteiger partial charge is 0.443 e. The van der Waals surface area contributed by atoms with Crippen LogP contribution in [0.15, 0.2) is 0 Å². The Labute approximate surface area is 151 Å². The number of hydrogen-bond acceptors (Lipinski definition) is 6. The molecule has 1 unspecified atom stereocenters. The number of piperidine rings is 1. The predicted molar refractivity (Wildman–Crippen MR) is 96.8 cm³/mol. The molecule has 2 aliphatic rings. The first kappa shape index (κ1) is 21.3. The number of carbonyl (C=O) groups excluding carboxylic acids is 2. The van der Waals surface area contributed by atoms with E-state index in [0.717, 1.165) is 6.42 Å². The van der Waals surface area contributed by atoms with Gasteiger partial charge in [-0.05, 0) is 52.9 Å². The number of aliphatic hydroxyl groups excluding tert-OH is 1. The molecule has 2 heterocycles. The van der Waals surface area contributed by atoms with E-state index in [1.807, 2.05) is 18.2 Å². The number of likely N-dealkylation sites (tertiary alicyclic amines) is 1. The van der Waals surface area contributed by atoms with E-state index >= 15 is 0 Å². The number of amides is 2. The normalized spacial score (nSPS) is 24.9. The third-order valence-corrected chi connectivity index (χ3v) is 4.75. The molecule has 24 heavy (non-hydrogen) atoms. The highest BCUT2D eigenvalue weighted by Gasteiger charge is 2.49. The number of imide groups is 1. The molecule has 6 nitrogen and oxygen atoms in total. The highest BCUT2D eigenvalue weighted by atomic mass is 32.1. The molecule has 0 aliphatic carbocycles. The van der Waals surface area contributed by atoms with Gasteiger partial charge in [0, 0.05) is 13.1 Å². The number of carbonyl (C=O) groups is 2. The topological polar surface area (TPSA) is 70.1 Å². The van der Waals surface area contributed by atoms with Gasteiger partial charge in [-0.1, -0.05) is 26.7 Å². The Hall–Kier alpha value is -0.790. The maximum atomic E-state index is 12.6. The average molecular weight is 361 g/mol. The van der Waals surface area contributed by atoms with Gasteiger partial charge in [0.25, 0.3) is 5.91 Å². The van der Waals surface area contributed by atoms with Crippen molar-refractivity contribution in [3.05, 3.63) is 0 Å². The average Bonchev–Trinajstić information content (AvgIpc) is 2.61. The molecule has 0 radical (unpaired) electrons. The second kappa shape index (κ2) is 8.54. The summed E-state index contributed by atoms with van der Waals surface area (Å²) in [7, 11) is 0. The van der Waals surface area contributed by atoms with Crippen molar-refractivity contribution in [2.45, 2.75) is 84.0 Å². The summed E-state index contributed by atoms with van der Waals surface area (Å²) < 4.78 is 7.32. The van der Waals surface area contributed by atoms with Gasteiger partial charge in [-0.25, -0.2) is 9.69 Å². The monoisotopic (exact) mass is 360 g/mol. The molecule has 0 bridgehead atoms. The predicted octanol–water partition coefficient (Wildman–Crippen LogP) is 3.00. The van der Waals surface area contributed by atoms with E-state index in [9.17, 15) is 14.7 Å². The molecule has 2 rings (SSSR count). The minimum atomic E-state index is -1.12. The lowest BCUT2D eigenvalue weighted by molar-refractivity contribution is -0.145. The van der Waals surface area contributed by atoms with Crippen molar-refractivity contribution in [1.29, 1.82) is 0 Å². The molecule has 2 saturated heterocycles. The number of thiol groups is 1. The van der Waals surface area contributed by atoms with Gasteiger partial charge in [-0.2, -0.15) is 0 Å². The van der Waals surface area contributed by atoms with Gasteiger partial charge in [-0.15, -0.1) is 0 Å². The van der Waals surface area contributed by atoms with Crippen molar-refractivity contribution in [3.8, 4) is 0 Å².